The normalized spacial score (nSPS) is 11.6. The molecule has 0 fully saturated rings. The maximum Gasteiger partial charge on any atom is 0.0788 e. The maximum atomic E-state index is 5.40. The number of aromatic nitrogens is 1. The van der Waals surface area contributed by atoms with Crippen molar-refractivity contribution >= 4 is 53.2 Å². The van der Waals surface area contributed by atoms with Gasteiger partial charge in [0.15, 0.2) is 0 Å². The van der Waals surface area contributed by atoms with Gasteiger partial charge in [-0.15, -0.1) is 11.3 Å². The Kier molecular flexibility index (Phi) is 6.07. The van der Waals surface area contributed by atoms with Gasteiger partial charge < -0.3 is 0 Å². The summed E-state index contributed by atoms with van der Waals surface area (Å²) < 4.78 is 2.62. The lowest BCUT2D eigenvalue weighted by Crippen LogP contribution is -1.92. The first-order chi connectivity index (χ1) is 22.3. The van der Waals surface area contributed by atoms with Crippen molar-refractivity contribution in [2.75, 3.05) is 0 Å². The summed E-state index contributed by atoms with van der Waals surface area (Å²) in [4.78, 5) is 5.40. The molecule has 0 radical (unpaired) electrons. The molecule has 0 N–H and O–H groups in total. The number of hydrogen-bond donors (Lipinski definition) is 0. The van der Waals surface area contributed by atoms with Gasteiger partial charge >= 0.3 is 0 Å². The minimum absolute atomic E-state index is 1.01. The fourth-order valence-electron chi connectivity index (χ4n) is 6.69. The number of rotatable bonds is 4. The minimum Gasteiger partial charge on any atom is -0.247 e. The molecule has 210 valence electrons. The van der Waals surface area contributed by atoms with E-state index in [-0.39, 0.29) is 0 Å². The molecule has 0 aliphatic heterocycles. The number of nitrogens with zero attached hydrogens (tertiary/aromatic N) is 1. The van der Waals surface area contributed by atoms with Crippen molar-refractivity contribution < 1.29 is 0 Å². The van der Waals surface area contributed by atoms with Crippen molar-refractivity contribution in [3.8, 4) is 44.6 Å². The fraction of sp³-hybridized carbons (Fsp3) is 0. The number of pyridine rings is 1. The van der Waals surface area contributed by atoms with E-state index in [4.69, 9.17) is 4.98 Å². The predicted octanol–water partition coefficient (Wildman–Crippen LogP) is 12.4. The smallest absolute Gasteiger partial charge is 0.0788 e. The van der Waals surface area contributed by atoms with Gasteiger partial charge in [0, 0.05) is 41.9 Å². The van der Waals surface area contributed by atoms with Gasteiger partial charge in [-0.1, -0.05) is 127 Å². The Hall–Kier alpha value is -5.57. The van der Waals surface area contributed by atoms with E-state index in [9.17, 15) is 0 Å². The molecule has 9 aromatic rings. The highest BCUT2D eigenvalue weighted by Crippen LogP contribution is 2.44. The average Bonchev–Trinajstić information content (AvgIpc) is 3.51. The van der Waals surface area contributed by atoms with Gasteiger partial charge in [0.05, 0.1) is 11.2 Å². The van der Waals surface area contributed by atoms with Gasteiger partial charge in [-0.2, -0.15) is 0 Å². The van der Waals surface area contributed by atoms with Crippen molar-refractivity contribution in [3.05, 3.63) is 164 Å². The molecule has 1 nitrogen and oxygen atoms in total. The Bertz CT molecular complexity index is 2460. The molecule has 0 unspecified atom stereocenters. The molecule has 0 aliphatic carbocycles. The molecule has 2 heterocycles. The molecule has 0 saturated carbocycles. The second-order valence-corrected chi connectivity index (χ2v) is 12.6. The second kappa shape index (κ2) is 10.6. The van der Waals surface area contributed by atoms with E-state index < -0.39 is 0 Å². The van der Waals surface area contributed by atoms with Crippen LogP contribution < -0.4 is 0 Å². The van der Waals surface area contributed by atoms with E-state index in [0.29, 0.717) is 0 Å². The Morgan fingerprint density at radius 1 is 0.333 bits per heavy atom. The van der Waals surface area contributed by atoms with E-state index in [1.54, 1.807) is 0 Å². The summed E-state index contributed by atoms with van der Waals surface area (Å²) in [6.07, 6.45) is 0. The van der Waals surface area contributed by atoms with Crippen LogP contribution in [0.5, 0.6) is 0 Å². The second-order valence-electron chi connectivity index (χ2n) is 11.5. The Morgan fingerprint density at radius 3 is 1.56 bits per heavy atom. The van der Waals surface area contributed by atoms with Gasteiger partial charge in [0.2, 0.25) is 0 Å². The lowest BCUT2D eigenvalue weighted by atomic mass is 9.92. The first-order valence-electron chi connectivity index (χ1n) is 15.3. The van der Waals surface area contributed by atoms with Gasteiger partial charge in [-0.05, 0) is 69.8 Å². The van der Waals surface area contributed by atoms with Crippen molar-refractivity contribution in [1.29, 1.82) is 0 Å². The molecule has 45 heavy (non-hydrogen) atoms. The van der Waals surface area contributed by atoms with Gasteiger partial charge in [0.1, 0.15) is 0 Å². The summed E-state index contributed by atoms with van der Waals surface area (Å²) in [7, 11) is 0. The first-order valence-corrected chi connectivity index (χ1v) is 16.1. The number of fused-ring (bicyclic) bond motifs is 7. The Labute approximate surface area is 265 Å². The third kappa shape index (κ3) is 4.42. The quantitative estimate of drug-likeness (QED) is 0.186. The molecule has 2 heteroatoms. The van der Waals surface area contributed by atoms with Crippen LogP contribution in [0.15, 0.2) is 164 Å². The van der Waals surface area contributed by atoms with Crippen LogP contribution in [0.1, 0.15) is 0 Å². The summed E-state index contributed by atoms with van der Waals surface area (Å²) in [5.41, 5.74) is 10.3. The van der Waals surface area contributed by atoms with Crippen LogP contribution in [0.25, 0.3) is 86.5 Å². The SMILES string of the molecule is c1ccc(-c2cc(-c3ccccc3)cc(-c3ccc4c(c3)nc(-c3ccccc3)c3ccc5sc6ccccc6c5c34)c2)cc1. The predicted molar refractivity (Wildman–Crippen MR) is 194 cm³/mol. The van der Waals surface area contributed by atoms with E-state index in [1.165, 1.54) is 64.1 Å². The van der Waals surface area contributed by atoms with Crippen LogP contribution in [-0.4, -0.2) is 4.98 Å². The lowest BCUT2D eigenvalue weighted by molar-refractivity contribution is 1.43. The van der Waals surface area contributed by atoms with Crippen molar-refractivity contribution in [2.45, 2.75) is 0 Å². The van der Waals surface area contributed by atoms with E-state index in [2.05, 4.69) is 164 Å². The average molecular weight is 590 g/mol. The van der Waals surface area contributed by atoms with Crippen LogP contribution in [0, 0.1) is 0 Å². The fourth-order valence-corrected chi connectivity index (χ4v) is 7.81. The molecular weight excluding hydrogens is 563 g/mol. The maximum absolute atomic E-state index is 5.40. The minimum atomic E-state index is 1.01. The molecule has 2 aromatic heterocycles. The number of hydrogen-bond acceptors (Lipinski definition) is 2. The van der Waals surface area contributed by atoms with Crippen LogP contribution in [0.3, 0.4) is 0 Å². The summed E-state index contributed by atoms with van der Waals surface area (Å²) in [6, 6.07) is 59.0. The summed E-state index contributed by atoms with van der Waals surface area (Å²) >= 11 is 1.87. The molecule has 0 amide bonds. The molecule has 0 aliphatic rings. The van der Waals surface area contributed by atoms with Crippen molar-refractivity contribution in [3.63, 3.8) is 0 Å². The number of thiophene rings is 1. The Morgan fingerprint density at radius 2 is 0.889 bits per heavy atom. The van der Waals surface area contributed by atoms with E-state index >= 15 is 0 Å². The van der Waals surface area contributed by atoms with Gasteiger partial charge in [-0.3, -0.25) is 0 Å². The highest BCUT2D eigenvalue weighted by Gasteiger charge is 2.17. The van der Waals surface area contributed by atoms with Crippen LogP contribution in [0.4, 0.5) is 0 Å². The first kappa shape index (κ1) is 25.9. The molecule has 0 spiro atoms. The zero-order valence-electron chi connectivity index (χ0n) is 24.4. The third-order valence-corrected chi connectivity index (χ3v) is 9.96. The summed E-state index contributed by atoms with van der Waals surface area (Å²) in [5, 5.41) is 6.29. The third-order valence-electron chi connectivity index (χ3n) is 8.83. The highest BCUT2D eigenvalue weighted by molar-refractivity contribution is 7.26. The van der Waals surface area contributed by atoms with Crippen LogP contribution >= 0.6 is 11.3 Å². The standard InChI is InChI=1S/C43H27NS/c1-4-12-28(13-5-1)32-24-33(29-14-6-2-7-15-29)26-34(25-32)31-20-21-35-38(27-31)44-43(30-16-8-3-9-17-30)37-22-23-40-42(41(35)37)36-18-10-11-19-39(36)45-40/h1-27H. The monoisotopic (exact) mass is 589 g/mol. The highest BCUT2D eigenvalue weighted by atomic mass is 32.1. The van der Waals surface area contributed by atoms with E-state index in [1.807, 2.05) is 11.3 Å². The zero-order chi connectivity index (χ0) is 29.7. The number of benzene rings is 7. The topological polar surface area (TPSA) is 12.9 Å². The summed E-state index contributed by atoms with van der Waals surface area (Å²) in [5.74, 6) is 0. The van der Waals surface area contributed by atoms with Crippen molar-refractivity contribution in [1.82, 2.24) is 4.98 Å². The van der Waals surface area contributed by atoms with Gasteiger partial charge in [-0.25, -0.2) is 4.98 Å². The molecule has 7 aromatic carbocycles. The van der Waals surface area contributed by atoms with E-state index in [0.717, 1.165) is 22.3 Å². The molecule has 0 saturated heterocycles. The van der Waals surface area contributed by atoms with Crippen molar-refractivity contribution in [2.24, 2.45) is 0 Å². The molecular formula is C43H27NS. The Balaban J connectivity index is 1.34. The van der Waals surface area contributed by atoms with Crippen LogP contribution in [-0.2, 0) is 0 Å². The lowest BCUT2D eigenvalue weighted by Gasteiger charge is -2.14. The summed E-state index contributed by atoms with van der Waals surface area (Å²) in [6.45, 7) is 0. The molecule has 9 rings (SSSR count). The van der Waals surface area contributed by atoms with Gasteiger partial charge in [0.25, 0.3) is 0 Å². The molecule has 0 atom stereocenters. The zero-order valence-corrected chi connectivity index (χ0v) is 25.3. The molecule has 0 bridgehead atoms. The largest absolute Gasteiger partial charge is 0.247 e. The van der Waals surface area contributed by atoms with Crippen LogP contribution in [0.2, 0.25) is 0 Å².